The number of benzene rings is 3. The third-order valence-electron chi connectivity index (χ3n) is 7.88. The van der Waals surface area contributed by atoms with Crippen molar-refractivity contribution in [3.05, 3.63) is 118 Å². The van der Waals surface area contributed by atoms with Gasteiger partial charge in [0.1, 0.15) is 5.82 Å². The molecule has 3 aromatic carbocycles. The van der Waals surface area contributed by atoms with Gasteiger partial charge in [-0.05, 0) is 28.8 Å². The summed E-state index contributed by atoms with van der Waals surface area (Å²) in [5.74, 6) is -0.193. The SMILES string of the molecule is O=C(c1cc2n(n1)[C@H](C(F)(F)F)C[C@H](c1ccc(Cl)cc1)N2)N1CCN(C(c2ccccc2)c2ccccc2)CC1. The van der Waals surface area contributed by atoms with Gasteiger partial charge < -0.3 is 10.2 Å². The summed E-state index contributed by atoms with van der Waals surface area (Å²) in [5, 5.41) is 7.83. The molecular formula is C31H29ClF3N5O. The molecule has 2 aliphatic heterocycles. The van der Waals surface area contributed by atoms with Crippen LogP contribution in [0, 0.1) is 0 Å². The maximum Gasteiger partial charge on any atom is 0.410 e. The first-order valence-electron chi connectivity index (χ1n) is 13.6. The van der Waals surface area contributed by atoms with Crippen LogP contribution in [0.25, 0.3) is 0 Å². The molecule has 1 fully saturated rings. The van der Waals surface area contributed by atoms with Crippen molar-refractivity contribution in [2.24, 2.45) is 0 Å². The highest BCUT2D eigenvalue weighted by Gasteiger charge is 2.47. The van der Waals surface area contributed by atoms with E-state index in [4.69, 9.17) is 11.6 Å². The van der Waals surface area contributed by atoms with Crippen molar-refractivity contribution in [2.45, 2.75) is 30.7 Å². The number of anilines is 1. The fourth-order valence-corrected chi connectivity index (χ4v) is 5.95. The van der Waals surface area contributed by atoms with E-state index < -0.39 is 18.3 Å². The first-order chi connectivity index (χ1) is 19.8. The Bertz CT molecular complexity index is 1450. The highest BCUT2D eigenvalue weighted by Crippen LogP contribution is 2.44. The van der Waals surface area contributed by atoms with E-state index in [9.17, 15) is 18.0 Å². The number of amides is 1. The minimum atomic E-state index is -4.52. The molecule has 1 N–H and O–H groups in total. The molecule has 1 aromatic heterocycles. The average Bonchev–Trinajstić information content (AvgIpc) is 3.42. The Kier molecular flexibility index (Phi) is 7.48. The molecule has 6 nitrogen and oxygen atoms in total. The van der Waals surface area contributed by atoms with Crippen molar-refractivity contribution < 1.29 is 18.0 Å². The zero-order valence-corrected chi connectivity index (χ0v) is 22.9. The van der Waals surface area contributed by atoms with E-state index in [1.807, 2.05) is 36.4 Å². The number of carbonyl (C=O) groups excluding carboxylic acids is 1. The van der Waals surface area contributed by atoms with Gasteiger partial charge in [-0.2, -0.15) is 18.3 Å². The summed E-state index contributed by atoms with van der Waals surface area (Å²) in [7, 11) is 0. The lowest BCUT2D eigenvalue weighted by Crippen LogP contribution is -2.50. The molecule has 0 radical (unpaired) electrons. The maximum atomic E-state index is 14.1. The molecule has 1 amide bonds. The van der Waals surface area contributed by atoms with Crippen LogP contribution in [0.15, 0.2) is 91.0 Å². The van der Waals surface area contributed by atoms with Gasteiger partial charge in [0.25, 0.3) is 5.91 Å². The fourth-order valence-electron chi connectivity index (χ4n) is 5.82. The zero-order valence-electron chi connectivity index (χ0n) is 22.1. The van der Waals surface area contributed by atoms with E-state index in [1.165, 1.54) is 17.2 Å². The lowest BCUT2D eigenvalue weighted by molar-refractivity contribution is -0.173. The molecule has 0 saturated carbocycles. The van der Waals surface area contributed by atoms with Gasteiger partial charge in [0.2, 0.25) is 0 Å². The van der Waals surface area contributed by atoms with Crippen LogP contribution in [0.4, 0.5) is 19.0 Å². The average molecular weight is 580 g/mol. The van der Waals surface area contributed by atoms with Crippen LogP contribution in [-0.2, 0) is 0 Å². The summed E-state index contributed by atoms with van der Waals surface area (Å²) in [6.07, 6.45) is -4.77. The van der Waals surface area contributed by atoms with Crippen molar-refractivity contribution in [3.63, 3.8) is 0 Å². The number of nitrogens with zero attached hydrogens (tertiary/aromatic N) is 4. The predicted octanol–water partition coefficient (Wildman–Crippen LogP) is 6.74. The standard InChI is InChI=1S/C31H29ClF3N5O/c32-24-13-11-21(12-14-24)25-19-27(31(33,34)35)40-28(36-25)20-26(37-40)30(41)39-17-15-38(16-18-39)29(22-7-3-1-4-8-22)23-9-5-2-6-10-23/h1-14,20,25,27,29,36H,15-19H2/t25-,27+/m1/s1. The molecular weight excluding hydrogens is 551 g/mol. The van der Waals surface area contributed by atoms with E-state index in [0.29, 0.717) is 36.8 Å². The van der Waals surface area contributed by atoms with Crippen molar-refractivity contribution in [1.82, 2.24) is 19.6 Å². The number of carbonyl (C=O) groups is 1. The monoisotopic (exact) mass is 579 g/mol. The fraction of sp³-hybridized carbons (Fsp3) is 0.290. The quantitative estimate of drug-likeness (QED) is 0.284. The molecule has 4 aromatic rings. The molecule has 0 aliphatic carbocycles. The predicted molar refractivity (Wildman–Crippen MR) is 152 cm³/mol. The minimum Gasteiger partial charge on any atom is -0.363 e. The second-order valence-corrected chi connectivity index (χ2v) is 10.9. The molecule has 0 unspecified atom stereocenters. The van der Waals surface area contributed by atoms with Crippen LogP contribution >= 0.6 is 11.6 Å². The number of piperazine rings is 1. The van der Waals surface area contributed by atoms with Crippen molar-refractivity contribution >= 4 is 23.3 Å². The van der Waals surface area contributed by atoms with Gasteiger partial charge in [-0.15, -0.1) is 0 Å². The molecule has 6 rings (SSSR count). The summed E-state index contributed by atoms with van der Waals surface area (Å²) in [5.41, 5.74) is 3.03. The molecule has 0 spiro atoms. The number of nitrogens with one attached hydrogen (secondary N) is 1. The Morgan fingerprint density at radius 1 is 0.878 bits per heavy atom. The van der Waals surface area contributed by atoms with Crippen LogP contribution < -0.4 is 5.32 Å². The molecule has 2 aliphatic rings. The maximum absolute atomic E-state index is 14.1. The van der Waals surface area contributed by atoms with E-state index in [1.54, 1.807) is 29.2 Å². The summed E-state index contributed by atoms with van der Waals surface area (Å²) in [4.78, 5) is 17.5. The number of fused-ring (bicyclic) bond motifs is 1. The Morgan fingerprint density at radius 2 is 1.46 bits per heavy atom. The van der Waals surface area contributed by atoms with Crippen LogP contribution in [-0.4, -0.2) is 57.8 Å². The Balaban J connectivity index is 1.20. The van der Waals surface area contributed by atoms with Gasteiger partial charge in [-0.3, -0.25) is 9.69 Å². The van der Waals surface area contributed by atoms with Gasteiger partial charge in [-0.25, -0.2) is 4.68 Å². The van der Waals surface area contributed by atoms with E-state index in [0.717, 1.165) is 4.68 Å². The highest BCUT2D eigenvalue weighted by atomic mass is 35.5. The number of alkyl halides is 3. The molecule has 1 saturated heterocycles. The van der Waals surface area contributed by atoms with Gasteiger partial charge in [0.05, 0.1) is 12.1 Å². The van der Waals surface area contributed by atoms with Crippen LogP contribution in [0.2, 0.25) is 5.02 Å². The molecule has 212 valence electrons. The molecule has 3 heterocycles. The van der Waals surface area contributed by atoms with Crippen molar-refractivity contribution in [3.8, 4) is 0 Å². The zero-order chi connectivity index (χ0) is 28.6. The number of rotatable bonds is 5. The van der Waals surface area contributed by atoms with Gasteiger partial charge >= 0.3 is 6.18 Å². The Morgan fingerprint density at radius 3 is 2.02 bits per heavy atom. The third-order valence-corrected chi connectivity index (χ3v) is 8.13. The largest absolute Gasteiger partial charge is 0.410 e. The van der Waals surface area contributed by atoms with Crippen LogP contribution in [0.5, 0.6) is 0 Å². The van der Waals surface area contributed by atoms with Gasteiger partial charge in [-0.1, -0.05) is 84.4 Å². The summed E-state index contributed by atoms with van der Waals surface area (Å²) < 4.78 is 43.3. The smallest absolute Gasteiger partial charge is 0.363 e. The molecule has 41 heavy (non-hydrogen) atoms. The highest BCUT2D eigenvalue weighted by molar-refractivity contribution is 6.30. The molecule has 0 bridgehead atoms. The summed E-state index contributed by atoms with van der Waals surface area (Å²) in [6, 6.07) is 26.2. The van der Waals surface area contributed by atoms with E-state index in [-0.39, 0.29) is 29.9 Å². The lowest BCUT2D eigenvalue weighted by Gasteiger charge is -2.39. The van der Waals surface area contributed by atoms with Crippen LogP contribution in [0.3, 0.4) is 0 Å². The third kappa shape index (κ3) is 5.69. The lowest BCUT2D eigenvalue weighted by atomic mass is 9.96. The normalized spacial score (nSPS) is 19.6. The van der Waals surface area contributed by atoms with Crippen molar-refractivity contribution in [2.75, 3.05) is 31.5 Å². The Labute approximate surface area is 241 Å². The second-order valence-electron chi connectivity index (χ2n) is 10.5. The first-order valence-corrected chi connectivity index (χ1v) is 14.0. The van der Waals surface area contributed by atoms with E-state index in [2.05, 4.69) is 39.6 Å². The molecule has 10 heteroatoms. The van der Waals surface area contributed by atoms with Crippen LogP contribution in [0.1, 0.15) is 51.7 Å². The van der Waals surface area contributed by atoms with Crippen molar-refractivity contribution in [1.29, 1.82) is 0 Å². The number of halogens is 4. The van der Waals surface area contributed by atoms with E-state index >= 15 is 0 Å². The number of aromatic nitrogens is 2. The summed E-state index contributed by atoms with van der Waals surface area (Å²) >= 11 is 5.97. The number of hydrogen-bond donors (Lipinski definition) is 1. The minimum absolute atomic E-state index is 0.00891. The second kappa shape index (κ2) is 11.2. The summed E-state index contributed by atoms with van der Waals surface area (Å²) in [6.45, 7) is 2.13. The molecule has 2 atom stereocenters. The number of hydrogen-bond acceptors (Lipinski definition) is 4. The van der Waals surface area contributed by atoms with Gasteiger partial charge in [0, 0.05) is 43.7 Å². The Hall–Kier alpha value is -3.82. The topological polar surface area (TPSA) is 53.4 Å². The first kappa shape index (κ1) is 27.4. The van der Waals surface area contributed by atoms with Gasteiger partial charge in [0.15, 0.2) is 11.7 Å².